The minimum Gasteiger partial charge on any atom is -0.369 e. The Hall–Kier alpha value is -2.93. The number of amides is 2. The summed E-state index contributed by atoms with van der Waals surface area (Å²) in [6.07, 6.45) is 0.0775. The van der Waals surface area contributed by atoms with Gasteiger partial charge in [0, 0.05) is 57.4 Å². The molecule has 1 heterocycles. The molecule has 6 nitrogen and oxygen atoms in total. The van der Waals surface area contributed by atoms with Gasteiger partial charge in [-0.05, 0) is 43.4 Å². The lowest BCUT2D eigenvalue weighted by Crippen LogP contribution is -2.44. The number of carbonyl (C=O) groups excluding carboxylic acids is 2. The number of benzene rings is 2. The number of halogens is 1. The van der Waals surface area contributed by atoms with Crippen LogP contribution in [-0.4, -0.2) is 56.5 Å². The maximum atomic E-state index is 13.7. The summed E-state index contributed by atoms with van der Waals surface area (Å²) in [5.74, 6) is -0.963. The maximum absolute atomic E-state index is 13.7. The van der Waals surface area contributed by atoms with E-state index in [-0.39, 0.29) is 30.5 Å². The molecule has 0 radical (unpaired) electrons. The van der Waals surface area contributed by atoms with Gasteiger partial charge in [0.1, 0.15) is 5.82 Å². The van der Waals surface area contributed by atoms with Crippen LogP contribution in [0, 0.1) is 5.82 Å². The van der Waals surface area contributed by atoms with Gasteiger partial charge in [-0.2, -0.15) is 0 Å². The molecule has 1 saturated heterocycles. The SMILES string of the molecule is CC(=O)N(CCC(=O)Nc1ccccc1F)c1ccc(N2CCN(C)CC2)cc1. The van der Waals surface area contributed by atoms with Gasteiger partial charge in [0.25, 0.3) is 0 Å². The minimum atomic E-state index is -0.483. The first kappa shape index (κ1) is 20.8. The first-order valence-corrected chi connectivity index (χ1v) is 9.80. The smallest absolute Gasteiger partial charge is 0.226 e. The summed E-state index contributed by atoms with van der Waals surface area (Å²) >= 11 is 0. The van der Waals surface area contributed by atoms with Crippen molar-refractivity contribution < 1.29 is 14.0 Å². The van der Waals surface area contributed by atoms with Gasteiger partial charge >= 0.3 is 0 Å². The standard InChI is InChI=1S/C22H27FN4O2/c1-17(28)27(12-11-22(29)24-21-6-4-3-5-20(21)23)19-9-7-18(8-10-19)26-15-13-25(2)14-16-26/h3-10H,11-16H2,1-2H3,(H,24,29). The van der Waals surface area contributed by atoms with Crippen molar-refractivity contribution in [2.24, 2.45) is 0 Å². The number of carbonyl (C=O) groups is 2. The second kappa shape index (κ2) is 9.52. The molecule has 29 heavy (non-hydrogen) atoms. The third-order valence-corrected chi connectivity index (χ3v) is 5.12. The molecule has 2 aromatic carbocycles. The molecule has 1 N–H and O–H groups in total. The maximum Gasteiger partial charge on any atom is 0.226 e. The zero-order valence-electron chi connectivity index (χ0n) is 16.9. The number of rotatable bonds is 6. The van der Waals surface area contributed by atoms with Crippen LogP contribution in [0.1, 0.15) is 13.3 Å². The highest BCUT2D eigenvalue weighted by molar-refractivity contribution is 5.95. The molecule has 0 spiro atoms. The van der Waals surface area contributed by atoms with Crippen LogP contribution in [-0.2, 0) is 9.59 Å². The van der Waals surface area contributed by atoms with Gasteiger partial charge in [0.05, 0.1) is 5.69 Å². The Morgan fingerprint density at radius 2 is 1.69 bits per heavy atom. The molecule has 2 aromatic rings. The summed E-state index contributed by atoms with van der Waals surface area (Å²) in [5.41, 5.74) is 2.01. The summed E-state index contributed by atoms with van der Waals surface area (Å²) in [6, 6.07) is 13.9. The molecular formula is C22H27FN4O2. The first-order valence-electron chi connectivity index (χ1n) is 9.80. The van der Waals surface area contributed by atoms with E-state index in [9.17, 15) is 14.0 Å². The third kappa shape index (κ3) is 5.54. The number of hydrogen-bond donors (Lipinski definition) is 1. The lowest BCUT2D eigenvalue weighted by Gasteiger charge is -2.34. The second-order valence-electron chi connectivity index (χ2n) is 7.26. The fourth-order valence-electron chi connectivity index (χ4n) is 3.37. The number of nitrogens with zero attached hydrogens (tertiary/aromatic N) is 3. The zero-order chi connectivity index (χ0) is 20.8. The van der Waals surface area contributed by atoms with Crippen molar-refractivity contribution in [3.8, 4) is 0 Å². The number of piperazine rings is 1. The predicted molar refractivity (Wildman–Crippen MR) is 114 cm³/mol. The van der Waals surface area contributed by atoms with Gasteiger partial charge in [-0.1, -0.05) is 12.1 Å². The average Bonchev–Trinajstić information content (AvgIpc) is 2.71. The van der Waals surface area contributed by atoms with Crippen molar-refractivity contribution >= 4 is 28.9 Å². The van der Waals surface area contributed by atoms with Gasteiger partial charge in [0.15, 0.2) is 0 Å². The van der Waals surface area contributed by atoms with Crippen molar-refractivity contribution in [1.82, 2.24) is 4.90 Å². The molecule has 0 aliphatic carbocycles. The fourth-order valence-corrected chi connectivity index (χ4v) is 3.37. The molecular weight excluding hydrogens is 371 g/mol. The van der Waals surface area contributed by atoms with Crippen molar-refractivity contribution in [2.45, 2.75) is 13.3 Å². The van der Waals surface area contributed by atoms with Crippen LogP contribution in [0.3, 0.4) is 0 Å². The average molecular weight is 398 g/mol. The quantitative estimate of drug-likeness (QED) is 0.813. The molecule has 3 rings (SSSR count). The van der Waals surface area contributed by atoms with Crippen LogP contribution < -0.4 is 15.1 Å². The molecule has 154 valence electrons. The van der Waals surface area contributed by atoms with Gasteiger partial charge in [-0.15, -0.1) is 0 Å². The van der Waals surface area contributed by atoms with Crippen LogP contribution in [0.15, 0.2) is 48.5 Å². The highest BCUT2D eigenvalue weighted by Crippen LogP contribution is 2.22. The topological polar surface area (TPSA) is 55.9 Å². The molecule has 0 aromatic heterocycles. The van der Waals surface area contributed by atoms with Crippen LogP contribution >= 0.6 is 0 Å². The van der Waals surface area contributed by atoms with E-state index in [1.165, 1.54) is 19.1 Å². The van der Waals surface area contributed by atoms with Crippen molar-refractivity contribution in [3.05, 3.63) is 54.3 Å². The van der Waals surface area contributed by atoms with E-state index in [1.54, 1.807) is 17.0 Å². The Labute approximate surface area is 170 Å². The molecule has 0 atom stereocenters. The first-order chi connectivity index (χ1) is 13.9. The second-order valence-corrected chi connectivity index (χ2v) is 7.26. The summed E-state index contributed by atoms with van der Waals surface area (Å²) in [7, 11) is 2.12. The highest BCUT2D eigenvalue weighted by Gasteiger charge is 2.17. The van der Waals surface area contributed by atoms with Crippen LogP contribution in [0.2, 0.25) is 0 Å². The largest absolute Gasteiger partial charge is 0.369 e. The number of nitrogens with one attached hydrogen (secondary N) is 1. The summed E-state index contributed by atoms with van der Waals surface area (Å²) < 4.78 is 13.7. The Balaban J connectivity index is 1.60. The normalized spacial score (nSPS) is 14.5. The molecule has 0 saturated carbocycles. The Morgan fingerprint density at radius 3 is 2.31 bits per heavy atom. The molecule has 1 aliphatic rings. The van der Waals surface area contributed by atoms with E-state index in [1.807, 2.05) is 24.3 Å². The lowest BCUT2D eigenvalue weighted by molar-refractivity contribution is -0.117. The molecule has 0 unspecified atom stereocenters. The van der Waals surface area contributed by atoms with Crippen molar-refractivity contribution in [1.29, 1.82) is 0 Å². The van der Waals surface area contributed by atoms with Crippen LogP contribution in [0.25, 0.3) is 0 Å². The van der Waals surface area contributed by atoms with Gasteiger partial charge < -0.3 is 20.0 Å². The third-order valence-electron chi connectivity index (χ3n) is 5.12. The number of hydrogen-bond acceptors (Lipinski definition) is 4. The van der Waals surface area contributed by atoms with Crippen molar-refractivity contribution in [3.63, 3.8) is 0 Å². The predicted octanol–water partition coefficient (Wildman–Crippen LogP) is 2.96. The molecule has 1 fully saturated rings. The summed E-state index contributed by atoms with van der Waals surface area (Å²) in [6.45, 7) is 5.70. The van der Waals surface area contributed by atoms with Crippen molar-refractivity contribution in [2.75, 3.05) is 54.9 Å². The van der Waals surface area contributed by atoms with Gasteiger partial charge in [-0.3, -0.25) is 9.59 Å². The van der Waals surface area contributed by atoms with E-state index in [0.29, 0.717) is 0 Å². The van der Waals surface area contributed by atoms with Gasteiger partial charge in [-0.25, -0.2) is 4.39 Å². The summed E-state index contributed by atoms with van der Waals surface area (Å²) in [5, 5.41) is 2.55. The van der Waals surface area contributed by atoms with E-state index in [0.717, 1.165) is 37.6 Å². The van der Waals surface area contributed by atoms with E-state index < -0.39 is 5.82 Å². The zero-order valence-corrected chi connectivity index (χ0v) is 16.9. The van der Waals surface area contributed by atoms with Crippen LogP contribution in [0.4, 0.5) is 21.5 Å². The number of para-hydroxylation sites is 1. The monoisotopic (exact) mass is 398 g/mol. The van der Waals surface area contributed by atoms with Crippen LogP contribution in [0.5, 0.6) is 0 Å². The summed E-state index contributed by atoms with van der Waals surface area (Å²) in [4.78, 5) is 30.5. The minimum absolute atomic E-state index is 0.0775. The molecule has 1 aliphatic heterocycles. The lowest BCUT2D eigenvalue weighted by atomic mass is 10.2. The number of likely N-dealkylation sites (N-methyl/N-ethyl adjacent to an activating group) is 1. The van der Waals surface area contributed by atoms with Gasteiger partial charge in [0.2, 0.25) is 11.8 Å². The van der Waals surface area contributed by atoms with E-state index in [2.05, 4.69) is 22.2 Å². The Bertz CT molecular complexity index is 848. The van der Waals surface area contributed by atoms with E-state index >= 15 is 0 Å². The van der Waals surface area contributed by atoms with E-state index in [4.69, 9.17) is 0 Å². The molecule has 0 bridgehead atoms. The fraction of sp³-hybridized carbons (Fsp3) is 0.364. The number of anilines is 3. The Kier molecular flexibility index (Phi) is 6.82. The Morgan fingerprint density at radius 1 is 1.03 bits per heavy atom. The molecule has 7 heteroatoms. The molecule has 2 amide bonds. The highest BCUT2D eigenvalue weighted by atomic mass is 19.1.